The van der Waals surface area contributed by atoms with Crippen LogP contribution in [0.15, 0.2) is 59.2 Å². The molecule has 0 saturated carbocycles. The minimum Gasteiger partial charge on any atom is -0.402 e. The quantitative estimate of drug-likeness (QED) is 0.377. The topological polar surface area (TPSA) is 81.8 Å². The molecule has 1 aliphatic heterocycles. The molecule has 6 nitrogen and oxygen atoms in total. The van der Waals surface area contributed by atoms with E-state index in [9.17, 15) is 14.9 Å². The SMILES string of the molecule is Cc1ccc(/C=C2\N=C(c3cccc([N+](=O)[O-])c3)OC2=O)cc1. The third-order valence-electron chi connectivity index (χ3n) is 3.31. The molecule has 0 unspecified atom stereocenters. The fourth-order valence-electron chi connectivity index (χ4n) is 2.11. The van der Waals surface area contributed by atoms with Crippen LogP contribution in [0.4, 0.5) is 5.69 Å². The van der Waals surface area contributed by atoms with Crippen molar-refractivity contribution in [2.75, 3.05) is 0 Å². The van der Waals surface area contributed by atoms with Gasteiger partial charge in [0.15, 0.2) is 5.70 Å². The summed E-state index contributed by atoms with van der Waals surface area (Å²) in [4.78, 5) is 26.4. The number of nitro benzene ring substituents is 1. The molecule has 114 valence electrons. The summed E-state index contributed by atoms with van der Waals surface area (Å²) in [5.74, 6) is -0.510. The molecule has 0 saturated heterocycles. The van der Waals surface area contributed by atoms with Crippen LogP contribution in [0.5, 0.6) is 0 Å². The van der Waals surface area contributed by atoms with E-state index in [0.717, 1.165) is 11.1 Å². The zero-order valence-corrected chi connectivity index (χ0v) is 12.2. The van der Waals surface area contributed by atoms with Crippen LogP contribution >= 0.6 is 0 Å². The van der Waals surface area contributed by atoms with Gasteiger partial charge in [-0.25, -0.2) is 9.79 Å². The van der Waals surface area contributed by atoms with Crippen molar-refractivity contribution in [1.82, 2.24) is 0 Å². The maximum atomic E-state index is 11.9. The smallest absolute Gasteiger partial charge is 0.363 e. The lowest BCUT2D eigenvalue weighted by atomic mass is 10.1. The zero-order valence-electron chi connectivity index (χ0n) is 12.2. The Balaban J connectivity index is 1.93. The molecule has 0 bridgehead atoms. The van der Waals surface area contributed by atoms with E-state index in [0.29, 0.717) is 5.56 Å². The fraction of sp³-hybridized carbons (Fsp3) is 0.0588. The Morgan fingerprint density at radius 3 is 2.61 bits per heavy atom. The molecule has 0 amide bonds. The molecule has 0 N–H and O–H groups in total. The maximum Gasteiger partial charge on any atom is 0.363 e. The Kier molecular flexibility index (Phi) is 3.72. The fourth-order valence-corrected chi connectivity index (χ4v) is 2.11. The third-order valence-corrected chi connectivity index (χ3v) is 3.31. The first kappa shape index (κ1) is 14.6. The average Bonchev–Trinajstić information content (AvgIpc) is 2.91. The summed E-state index contributed by atoms with van der Waals surface area (Å²) in [6, 6.07) is 13.4. The Bertz CT molecular complexity index is 851. The number of benzene rings is 2. The van der Waals surface area contributed by atoms with Crippen molar-refractivity contribution in [2.45, 2.75) is 6.92 Å². The molecular weight excluding hydrogens is 296 g/mol. The van der Waals surface area contributed by atoms with E-state index < -0.39 is 10.9 Å². The van der Waals surface area contributed by atoms with Gasteiger partial charge in [-0.15, -0.1) is 0 Å². The first-order chi connectivity index (χ1) is 11.0. The van der Waals surface area contributed by atoms with Crippen molar-refractivity contribution in [1.29, 1.82) is 0 Å². The Morgan fingerprint density at radius 1 is 1.17 bits per heavy atom. The number of aliphatic imine (C=N–C) groups is 1. The summed E-state index contributed by atoms with van der Waals surface area (Å²) in [5, 5.41) is 10.8. The molecule has 23 heavy (non-hydrogen) atoms. The molecule has 0 radical (unpaired) electrons. The number of ether oxygens (including phenoxy) is 1. The van der Waals surface area contributed by atoms with Crippen LogP contribution in [0, 0.1) is 17.0 Å². The van der Waals surface area contributed by atoms with Crippen LogP contribution in [-0.4, -0.2) is 16.8 Å². The molecule has 0 spiro atoms. The largest absolute Gasteiger partial charge is 0.402 e. The summed E-state index contributed by atoms with van der Waals surface area (Å²) in [6.07, 6.45) is 1.62. The summed E-state index contributed by atoms with van der Waals surface area (Å²) >= 11 is 0. The number of hydrogen-bond donors (Lipinski definition) is 0. The van der Waals surface area contributed by atoms with Gasteiger partial charge in [-0.05, 0) is 24.6 Å². The van der Waals surface area contributed by atoms with Gasteiger partial charge in [0.2, 0.25) is 5.90 Å². The first-order valence-corrected chi connectivity index (χ1v) is 6.87. The van der Waals surface area contributed by atoms with E-state index in [1.54, 1.807) is 12.1 Å². The van der Waals surface area contributed by atoms with Crippen LogP contribution in [0.2, 0.25) is 0 Å². The van der Waals surface area contributed by atoms with Gasteiger partial charge in [0.1, 0.15) is 0 Å². The first-order valence-electron chi connectivity index (χ1n) is 6.87. The predicted molar refractivity (Wildman–Crippen MR) is 84.9 cm³/mol. The van der Waals surface area contributed by atoms with E-state index in [2.05, 4.69) is 4.99 Å². The molecule has 2 aromatic rings. The molecule has 6 heteroatoms. The summed E-state index contributed by atoms with van der Waals surface area (Å²) < 4.78 is 5.11. The standard InChI is InChI=1S/C17H12N2O4/c1-11-5-7-12(8-6-11)9-15-17(20)23-16(18-15)13-3-2-4-14(10-13)19(21)22/h2-10H,1H3/b15-9-. The Morgan fingerprint density at radius 2 is 1.91 bits per heavy atom. The van der Waals surface area contributed by atoms with Crippen molar-refractivity contribution in [3.63, 3.8) is 0 Å². The van der Waals surface area contributed by atoms with E-state index in [1.165, 1.54) is 18.2 Å². The van der Waals surface area contributed by atoms with Crippen molar-refractivity contribution in [2.24, 2.45) is 4.99 Å². The van der Waals surface area contributed by atoms with Crippen LogP contribution in [-0.2, 0) is 9.53 Å². The molecule has 0 aliphatic carbocycles. The Hall–Kier alpha value is -3.28. The number of aryl methyl sites for hydroxylation is 1. The number of non-ortho nitro benzene ring substituents is 1. The van der Waals surface area contributed by atoms with Crippen LogP contribution in [0.1, 0.15) is 16.7 Å². The lowest BCUT2D eigenvalue weighted by Gasteiger charge is -1.98. The van der Waals surface area contributed by atoms with Crippen LogP contribution in [0.3, 0.4) is 0 Å². The lowest BCUT2D eigenvalue weighted by Crippen LogP contribution is -2.05. The number of nitrogens with zero attached hydrogens (tertiary/aromatic N) is 2. The van der Waals surface area contributed by atoms with E-state index in [1.807, 2.05) is 31.2 Å². The average molecular weight is 308 g/mol. The summed E-state index contributed by atoms with van der Waals surface area (Å²) in [5.41, 5.74) is 2.40. The summed E-state index contributed by atoms with van der Waals surface area (Å²) in [7, 11) is 0. The number of carbonyl (C=O) groups excluding carboxylic acids is 1. The van der Waals surface area contributed by atoms with Crippen LogP contribution in [0.25, 0.3) is 6.08 Å². The zero-order chi connectivity index (χ0) is 16.4. The molecule has 2 aromatic carbocycles. The second kappa shape index (κ2) is 5.84. The van der Waals surface area contributed by atoms with Gasteiger partial charge in [0, 0.05) is 17.7 Å². The van der Waals surface area contributed by atoms with E-state index in [-0.39, 0.29) is 17.3 Å². The normalized spacial score (nSPS) is 15.4. The monoisotopic (exact) mass is 308 g/mol. The molecule has 0 atom stereocenters. The molecule has 1 aliphatic rings. The lowest BCUT2D eigenvalue weighted by molar-refractivity contribution is -0.384. The predicted octanol–water partition coefficient (Wildman–Crippen LogP) is 3.25. The highest BCUT2D eigenvalue weighted by Gasteiger charge is 2.25. The summed E-state index contributed by atoms with van der Waals surface area (Å²) in [6.45, 7) is 1.97. The van der Waals surface area contributed by atoms with E-state index >= 15 is 0 Å². The van der Waals surface area contributed by atoms with Crippen molar-refractivity contribution in [3.8, 4) is 0 Å². The molecular formula is C17H12N2O4. The van der Waals surface area contributed by atoms with Crippen molar-refractivity contribution < 1.29 is 14.5 Å². The van der Waals surface area contributed by atoms with Gasteiger partial charge in [-0.1, -0.05) is 35.9 Å². The van der Waals surface area contributed by atoms with Crippen molar-refractivity contribution >= 4 is 23.6 Å². The number of rotatable bonds is 3. The highest BCUT2D eigenvalue weighted by Crippen LogP contribution is 2.21. The second-order valence-corrected chi connectivity index (χ2v) is 5.05. The molecule has 0 fully saturated rings. The van der Waals surface area contributed by atoms with Gasteiger partial charge in [-0.3, -0.25) is 10.1 Å². The highest BCUT2D eigenvalue weighted by molar-refractivity contribution is 6.13. The number of esters is 1. The third kappa shape index (κ3) is 3.16. The van der Waals surface area contributed by atoms with Gasteiger partial charge >= 0.3 is 5.97 Å². The van der Waals surface area contributed by atoms with Gasteiger partial charge in [0.05, 0.1) is 4.92 Å². The molecule has 1 heterocycles. The minimum atomic E-state index is -0.577. The van der Waals surface area contributed by atoms with Gasteiger partial charge in [-0.2, -0.15) is 0 Å². The number of cyclic esters (lactones) is 1. The number of nitro groups is 1. The second-order valence-electron chi connectivity index (χ2n) is 5.05. The van der Waals surface area contributed by atoms with Crippen LogP contribution < -0.4 is 0 Å². The number of hydrogen-bond acceptors (Lipinski definition) is 5. The molecule has 0 aromatic heterocycles. The van der Waals surface area contributed by atoms with Crippen molar-refractivity contribution in [3.05, 3.63) is 81.0 Å². The minimum absolute atomic E-state index is 0.0667. The van der Waals surface area contributed by atoms with E-state index in [4.69, 9.17) is 4.74 Å². The Labute approximate surface area is 131 Å². The van der Waals surface area contributed by atoms with Gasteiger partial charge in [0.25, 0.3) is 5.69 Å². The maximum absolute atomic E-state index is 11.9. The highest BCUT2D eigenvalue weighted by atomic mass is 16.6. The molecule has 3 rings (SSSR count). The van der Waals surface area contributed by atoms with Gasteiger partial charge < -0.3 is 4.74 Å². The number of carbonyl (C=O) groups is 1.